The van der Waals surface area contributed by atoms with Crippen LogP contribution in [0.25, 0.3) is 0 Å². The zero-order chi connectivity index (χ0) is 18.4. The number of likely N-dealkylation sites (tertiary alicyclic amines) is 1. The van der Waals surface area contributed by atoms with Crippen molar-refractivity contribution in [2.45, 2.75) is 31.7 Å². The fourth-order valence-corrected chi connectivity index (χ4v) is 2.94. The van der Waals surface area contributed by atoms with E-state index in [0.29, 0.717) is 13.0 Å². The first kappa shape index (κ1) is 20.7. The van der Waals surface area contributed by atoms with Gasteiger partial charge in [0.25, 0.3) is 0 Å². The number of nitrogens with two attached hydrogens (primary N) is 1. The van der Waals surface area contributed by atoms with Crippen molar-refractivity contribution in [1.29, 1.82) is 0 Å². The first-order chi connectivity index (χ1) is 12.6. The van der Waals surface area contributed by atoms with Gasteiger partial charge in [-0.2, -0.15) is 0 Å². The zero-order valence-electron chi connectivity index (χ0n) is 14.8. The van der Waals surface area contributed by atoms with Crippen LogP contribution in [0.4, 0.5) is 4.79 Å². The number of esters is 1. The fraction of sp³-hybridized carbons (Fsp3) is 0.300. The highest BCUT2D eigenvalue weighted by atomic mass is 35.5. The van der Waals surface area contributed by atoms with E-state index in [0.717, 1.165) is 11.1 Å². The standard InChI is InChI=1S/C20H22N2O4.ClH/c21-17-11-12-22(20(24)26-14-16-9-5-2-6-10-16)18(17)19(23)25-13-15-7-3-1-4-8-15;/h1-10,17-18H,11-14,21H2;1H. The highest BCUT2D eigenvalue weighted by molar-refractivity contribution is 5.85. The summed E-state index contributed by atoms with van der Waals surface area (Å²) in [6.07, 6.45) is -0.0191. The molecule has 2 unspecified atom stereocenters. The van der Waals surface area contributed by atoms with Crippen molar-refractivity contribution in [2.75, 3.05) is 6.54 Å². The number of carbonyl (C=O) groups excluding carboxylic acids is 2. The summed E-state index contributed by atoms with van der Waals surface area (Å²) in [6, 6.07) is 17.5. The highest BCUT2D eigenvalue weighted by Crippen LogP contribution is 2.20. The van der Waals surface area contributed by atoms with Gasteiger partial charge >= 0.3 is 12.1 Å². The Balaban J connectivity index is 0.00000261. The van der Waals surface area contributed by atoms with E-state index in [1.165, 1.54) is 4.90 Å². The van der Waals surface area contributed by atoms with Gasteiger partial charge in [0, 0.05) is 12.6 Å². The Morgan fingerprint density at radius 3 is 2.00 bits per heavy atom. The van der Waals surface area contributed by atoms with Gasteiger partial charge in [0.1, 0.15) is 19.3 Å². The molecule has 2 atom stereocenters. The zero-order valence-corrected chi connectivity index (χ0v) is 15.6. The molecule has 6 nitrogen and oxygen atoms in total. The van der Waals surface area contributed by atoms with Crippen LogP contribution in [0.5, 0.6) is 0 Å². The molecule has 1 aliphatic rings. The second-order valence-corrected chi connectivity index (χ2v) is 6.22. The van der Waals surface area contributed by atoms with Gasteiger partial charge in [-0.15, -0.1) is 12.4 Å². The number of halogens is 1. The number of nitrogens with zero attached hydrogens (tertiary/aromatic N) is 1. The van der Waals surface area contributed by atoms with Crippen molar-refractivity contribution < 1.29 is 19.1 Å². The minimum Gasteiger partial charge on any atom is -0.459 e. The lowest BCUT2D eigenvalue weighted by Crippen LogP contribution is -2.48. The van der Waals surface area contributed by atoms with E-state index in [4.69, 9.17) is 15.2 Å². The fourth-order valence-electron chi connectivity index (χ4n) is 2.94. The molecule has 1 amide bonds. The molecule has 0 saturated carbocycles. The third-order valence-electron chi connectivity index (χ3n) is 4.35. The van der Waals surface area contributed by atoms with Crippen molar-refractivity contribution in [3.05, 3.63) is 71.8 Å². The Hall–Kier alpha value is -2.57. The first-order valence-corrected chi connectivity index (χ1v) is 8.58. The summed E-state index contributed by atoms with van der Waals surface area (Å²) in [5.41, 5.74) is 7.80. The molecule has 0 spiro atoms. The Bertz CT molecular complexity index is 742. The summed E-state index contributed by atoms with van der Waals surface area (Å²) in [7, 11) is 0. The van der Waals surface area contributed by atoms with Crippen molar-refractivity contribution in [3.8, 4) is 0 Å². The first-order valence-electron chi connectivity index (χ1n) is 8.58. The Kier molecular flexibility index (Phi) is 7.64. The molecule has 2 aromatic rings. The van der Waals surface area contributed by atoms with Gasteiger partial charge in [0.15, 0.2) is 0 Å². The number of carbonyl (C=O) groups is 2. The molecular weight excluding hydrogens is 368 g/mol. The quantitative estimate of drug-likeness (QED) is 0.794. The van der Waals surface area contributed by atoms with Gasteiger partial charge < -0.3 is 15.2 Å². The van der Waals surface area contributed by atoms with Gasteiger partial charge in [-0.25, -0.2) is 9.59 Å². The van der Waals surface area contributed by atoms with Crippen LogP contribution in [0, 0.1) is 0 Å². The van der Waals surface area contributed by atoms with Crippen molar-refractivity contribution >= 4 is 24.5 Å². The van der Waals surface area contributed by atoms with Crippen molar-refractivity contribution in [1.82, 2.24) is 4.90 Å². The lowest BCUT2D eigenvalue weighted by atomic mass is 10.1. The maximum atomic E-state index is 12.5. The summed E-state index contributed by atoms with van der Waals surface area (Å²) in [4.78, 5) is 26.2. The van der Waals surface area contributed by atoms with Crippen LogP contribution < -0.4 is 5.73 Å². The Morgan fingerprint density at radius 1 is 0.926 bits per heavy atom. The van der Waals surface area contributed by atoms with Gasteiger partial charge in [0.2, 0.25) is 0 Å². The molecule has 0 radical (unpaired) electrons. The average Bonchev–Trinajstić information content (AvgIpc) is 3.07. The van der Waals surface area contributed by atoms with Crippen LogP contribution >= 0.6 is 12.4 Å². The third-order valence-corrected chi connectivity index (χ3v) is 4.35. The Labute approximate surface area is 164 Å². The predicted molar refractivity (Wildman–Crippen MR) is 103 cm³/mol. The van der Waals surface area contributed by atoms with Crippen LogP contribution in [-0.4, -0.2) is 35.6 Å². The molecule has 2 N–H and O–H groups in total. The minimum atomic E-state index is -0.818. The molecule has 7 heteroatoms. The molecule has 3 rings (SSSR count). The van der Waals surface area contributed by atoms with E-state index in [1.807, 2.05) is 60.7 Å². The molecule has 1 aliphatic heterocycles. The van der Waals surface area contributed by atoms with Crippen LogP contribution in [0.1, 0.15) is 17.5 Å². The van der Waals surface area contributed by atoms with Gasteiger partial charge in [0.05, 0.1) is 0 Å². The van der Waals surface area contributed by atoms with E-state index in [-0.39, 0.29) is 25.6 Å². The topological polar surface area (TPSA) is 81.9 Å². The van der Waals surface area contributed by atoms with E-state index in [1.54, 1.807) is 0 Å². The maximum absolute atomic E-state index is 12.5. The van der Waals surface area contributed by atoms with Gasteiger partial charge in [-0.1, -0.05) is 60.7 Å². The maximum Gasteiger partial charge on any atom is 0.410 e. The normalized spacial score (nSPS) is 18.5. The van der Waals surface area contributed by atoms with E-state index in [9.17, 15) is 9.59 Å². The largest absolute Gasteiger partial charge is 0.459 e. The average molecular weight is 391 g/mol. The molecular formula is C20H23ClN2O4. The summed E-state index contributed by atoms with van der Waals surface area (Å²) in [5.74, 6) is -0.504. The van der Waals surface area contributed by atoms with E-state index < -0.39 is 24.1 Å². The summed E-state index contributed by atoms with van der Waals surface area (Å²) in [5, 5.41) is 0. The summed E-state index contributed by atoms with van der Waals surface area (Å²) >= 11 is 0. The SMILES string of the molecule is Cl.NC1CCN(C(=O)OCc2ccccc2)C1C(=O)OCc1ccccc1. The number of amides is 1. The molecule has 1 saturated heterocycles. The van der Waals surface area contributed by atoms with Crippen LogP contribution in [0.2, 0.25) is 0 Å². The molecule has 1 heterocycles. The third kappa shape index (κ3) is 5.45. The van der Waals surface area contributed by atoms with E-state index in [2.05, 4.69) is 0 Å². The molecule has 1 fully saturated rings. The van der Waals surface area contributed by atoms with Gasteiger partial charge in [-0.3, -0.25) is 4.90 Å². The molecule has 27 heavy (non-hydrogen) atoms. The number of ether oxygens (including phenoxy) is 2. The van der Waals surface area contributed by atoms with Crippen LogP contribution in [-0.2, 0) is 27.5 Å². The smallest absolute Gasteiger partial charge is 0.410 e. The second kappa shape index (κ2) is 9.94. The molecule has 0 bridgehead atoms. The van der Waals surface area contributed by atoms with Crippen LogP contribution in [0.15, 0.2) is 60.7 Å². The molecule has 2 aromatic carbocycles. The number of hydrogen-bond donors (Lipinski definition) is 1. The number of hydrogen-bond acceptors (Lipinski definition) is 5. The van der Waals surface area contributed by atoms with Crippen LogP contribution in [0.3, 0.4) is 0 Å². The highest BCUT2D eigenvalue weighted by Gasteiger charge is 2.42. The van der Waals surface area contributed by atoms with Crippen molar-refractivity contribution in [2.24, 2.45) is 5.73 Å². The monoisotopic (exact) mass is 390 g/mol. The lowest BCUT2D eigenvalue weighted by molar-refractivity contribution is -0.150. The number of benzene rings is 2. The summed E-state index contributed by atoms with van der Waals surface area (Å²) < 4.78 is 10.7. The minimum absolute atomic E-state index is 0. The van der Waals surface area contributed by atoms with Crippen molar-refractivity contribution in [3.63, 3.8) is 0 Å². The second-order valence-electron chi connectivity index (χ2n) is 6.22. The molecule has 0 aliphatic carbocycles. The number of rotatable bonds is 5. The predicted octanol–water partition coefficient (Wildman–Crippen LogP) is 2.89. The lowest BCUT2D eigenvalue weighted by Gasteiger charge is -2.24. The summed E-state index contributed by atoms with van der Waals surface area (Å²) in [6.45, 7) is 0.673. The molecule has 144 valence electrons. The van der Waals surface area contributed by atoms with Gasteiger partial charge in [-0.05, 0) is 17.5 Å². The van der Waals surface area contributed by atoms with E-state index >= 15 is 0 Å². The Morgan fingerprint density at radius 2 is 1.44 bits per heavy atom. The molecule has 0 aromatic heterocycles.